The largest absolute Gasteiger partial charge is 0.455 e. The van der Waals surface area contributed by atoms with E-state index in [9.17, 15) is 9.59 Å². The van der Waals surface area contributed by atoms with Crippen LogP contribution < -0.4 is 0 Å². The highest BCUT2D eigenvalue weighted by Gasteiger charge is 2.39. The van der Waals surface area contributed by atoms with Crippen LogP contribution in [0.15, 0.2) is 11.6 Å². The highest BCUT2D eigenvalue weighted by molar-refractivity contribution is 6.74. The molecule has 25 heavy (non-hydrogen) atoms. The van der Waals surface area contributed by atoms with Gasteiger partial charge in [0.2, 0.25) is 0 Å². The molecule has 0 bridgehead atoms. The standard InChI is InChI=1S/C20H36O4Si/c1-16-14-17(19(22)23-16)15-18(12-10-8-7-9-11-13-21)24-25(5,6)20(2,3)4/h13-14,16,18H,7-12,15H2,1-6H3/t16-,18+/m0/s1. The van der Waals surface area contributed by atoms with E-state index in [4.69, 9.17) is 9.16 Å². The fraction of sp³-hybridized carbons (Fsp3) is 0.800. The maximum absolute atomic E-state index is 12.0. The number of aldehydes is 1. The first kappa shape index (κ1) is 22.1. The minimum absolute atomic E-state index is 0.0658. The monoisotopic (exact) mass is 368 g/mol. The molecular weight excluding hydrogens is 332 g/mol. The lowest BCUT2D eigenvalue weighted by Crippen LogP contribution is -2.44. The Morgan fingerprint density at radius 1 is 1.24 bits per heavy atom. The van der Waals surface area contributed by atoms with Crippen LogP contribution in [0.2, 0.25) is 18.1 Å². The summed E-state index contributed by atoms with van der Waals surface area (Å²) in [6.45, 7) is 13.1. The van der Waals surface area contributed by atoms with Crippen molar-refractivity contribution in [2.45, 2.75) is 103 Å². The first-order valence-electron chi connectivity index (χ1n) is 9.60. The summed E-state index contributed by atoms with van der Waals surface area (Å²) < 4.78 is 11.8. The quantitative estimate of drug-likeness (QED) is 0.218. The average molecular weight is 369 g/mol. The van der Waals surface area contributed by atoms with E-state index in [1.165, 1.54) is 0 Å². The van der Waals surface area contributed by atoms with Gasteiger partial charge in [-0.3, -0.25) is 0 Å². The molecule has 0 radical (unpaired) electrons. The van der Waals surface area contributed by atoms with E-state index in [-0.39, 0.29) is 23.2 Å². The van der Waals surface area contributed by atoms with Gasteiger partial charge in [0.25, 0.3) is 0 Å². The molecule has 0 aliphatic carbocycles. The zero-order valence-corrected chi connectivity index (χ0v) is 17.9. The van der Waals surface area contributed by atoms with Crippen molar-refractivity contribution in [3.63, 3.8) is 0 Å². The Morgan fingerprint density at radius 3 is 2.40 bits per heavy atom. The second kappa shape index (κ2) is 9.67. The highest BCUT2D eigenvalue weighted by atomic mass is 28.4. The average Bonchev–Trinajstić information content (AvgIpc) is 2.78. The van der Waals surface area contributed by atoms with E-state index in [0.717, 1.165) is 44.0 Å². The third kappa shape index (κ3) is 7.44. The van der Waals surface area contributed by atoms with E-state index >= 15 is 0 Å². The Morgan fingerprint density at radius 2 is 1.88 bits per heavy atom. The minimum Gasteiger partial charge on any atom is -0.455 e. The van der Waals surface area contributed by atoms with Gasteiger partial charge >= 0.3 is 5.97 Å². The Kier molecular flexibility index (Phi) is 8.55. The fourth-order valence-corrected chi connectivity index (χ4v) is 4.16. The van der Waals surface area contributed by atoms with Gasteiger partial charge in [0.15, 0.2) is 8.32 Å². The molecule has 0 aromatic rings. The van der Waals surface area contributed by atoms with Gasteiger partial charge in [0, 0.05) is 24.5 Å². The van der Waals surface area contributed by atoms with Crippen LogP contribution in [0.4, 0.5) is 0 Å². The van der Waals surface area contributed by atoms with Crippen LogP contribution in [0.25, 0.3) is 0 Å². The number of esters is 1. The van der Waals surface area contributed by atoms with Gasteiger partial charge in [-0.2, -0.15) is 0 Å². The zero-order valence-electron chi connectivity index (χ0n) is 16.9. The van der Waals surface area contributed by atoms with Crippen molar-refractivity contribution in [3.05, 3.63) is 11.6 Å². The molecule has 1 heterocycles. The number of cyclic esters (lactones) is 1. The number of hydrogen-bond acceptors (Lipinski definition) is 4. The topological polar surface area (TPSA) is 52.6 Å². The lowest BCUT2D eigenvalue weighted by molar-refractivity contribution is -0.139. The summed E-state index contributed by atoms with van der Waals surface area (Å²) in [5.41, 5.74) is 0.761. The Hall–Kier alpha value is -0.943. The molecule has 0 unspecified atom stereocenters. The predicted octanol–water partition coefficient (Wildman–Crippen LogP) is 5.18. The second-order valence-electron chi connectivity index (χ2n) is 8.66. The summed E-state index contributed by atoms with van der Waals surface area (Å²) >= 11 is 0. The van der Waals surface area contributed by atoms with Crippen LogP contribution in [0.1, 0.15) is 72.6 Å². The first-order chi connectivity index (χ1) is 11.6. The van der Waals surface area contributed by atoms with Gasteiger partial charge in [-0.05, 0) is 44.0 Å². The van der Waals surface area contributed by atoms with Gasteiger partial charge < -0.3 is 14.0 Å². The fourth-order valence-electron chi connectivity index (χ4n) is 2.78. The second-order valence-corrected chi connectivity index (χ2v) is 13.4. The maximum Gasteiger partial charge on any atom is 0.334 e. The van der Waals surface area contributed by atoms with Crippen molar-refractivity contribution in [2.75, 3.05) is 0 Å². The van der Waals surface area contributed by atoms with Gasteiger partial charge in [-0.25, -0.2) is 4.79 Å². The number of rotatable bonds is 11. The molecule has 0 amide bonds. The SMILES string of the molecule is C[C@H]1C=C(C[C@@H](CCCCCCC=O)O[Si](C)(C)C(C)(C)C)C(=O)O1. The molecule has 1 aliphatic heterocycles. The van der Waals surface area contributed by atoms with Crippen molar-refractivity contribution in [2.24, 2.45) is 0 Å². The van der Waals surface area contributed by atoms with E-state index in [1.54, 1.807) is 0 Å². The number of carbonyl (C=O) groups is 2. The van der Waals surface area contributed by atoms with Crippen molar-refractivity contribution in [1.29, 1.82) is 0 Å². The molecule has 4 nitrogen and oxygen atoms in total. The molecule has 0 spiro atoms. The molecular formula is C20H36O4Si. The van der Waals surface area contributed by atoms with Gasteiger partial charge in [-0.15, -0.1) is 0 Å². The molecule has 0 saturated heterocycles. The molecule has 2 atom stereocenters. The van der Waals surface area contributed by atoms with Crippen molar-refractivity contribution in [3.8, 4) is 0 Å². The third-order valence-electron chi connectivity index (χ3n) is 5.30. The van der Waals surface area contributed by atoms with Gasteiger partial charge in [0.1, 0.15) is 12.4 Å². The first-order valence-corrected chi connectivity index (χ1v) is 12.5. The van der Waals surface area contributed by atoms with Crippen LogP contribution in [-0.4, -0.2) is 32.8 Å². The van der Waals surface area contributed by atoms with Crippen LogP contribution >= 0.6 is 0 Å². The van der Waals surface area contributed by atoms with Crippen LogP contribution in [-0.2, 0) is 18.8 Å². The number of carbonyl (C=O) groups excluding carboxylic acids is 2. The molecule has 0 aromatic heterocycles. The zero-order chi connectivity index (χ0) is 19.1. The van der Waals surface area contributed by atoms with Crippen LogP contribution in [0.3, 0.4) is 0 Å². The Labute approximate surface area is 154 Å². The maximum atomic E-state index is 12.0. The van der Waals surface area contributed by atoms with Crippen molar-refractivity contribution >= 4 is 20.6 Å². The third-order valence-corrected chi connectivity index (χ3v) is 9.84. The summed E-state index contributed by atoms with van der Waals surface area (Å²) in [7, 11) is -1.89. The normalized spacial score (nSPS) is 19.5. The number of ether oxygens (including phenoxy) is 1. The lowest BCUT2D eigenvalue weighted by Gasteiger charge is -2.39. The number of hydrogen-bond donors (Lipinski definition) is 0. The van der Waals surface area contributed by atoms with E-state index in [2.05, 4.69) is 33.9 Å². The van der Waals surface area contributed by atoms with Gasteiger partial charge in [0.05, 0.1) is 0 Å². The smallest absolute Gasteiger partial charge is 0.334 e. The summed E-state index contributed by atoms with van der Waals surface area (Å²) in [5, 5.41) is 0.146. The Bertz CT molecular complexity index is 477. The minimum atomic E-state index is -1.89. The molecule has 144 valence electrons. The van der Waals surface area contributed by atoms with Gasteiger partial charge in [-0.1, -0.05) is 40.0 Å². The molecule has 1 rings (SSSR count). The summed E-state index contributed by atoms with van der Waals surface area (Å²) in [6, 6.07) is 0. The number of unbranched alkanes of at least 4 members (excludes halogenated alkanes) is 4. The summed E-state index contributed by atoms with van der Waals surface area (Å²) in [5.74, 6) is -0.192. The molecule has 0 aromatic carbocycles. The van der Waals surface area contributed by atoms with Crippen LogP contribution in [0, 0.1) is 0 Å². The molecule has 0 N–H and O–H groups in total. The predicted molar refractivity (Wildman–Crippen MR) is 104 cm³/mol. The molecule has 5 heteroatoms. The highest BCUT2D eigenvalue weighted by Crippen LogP contribution is 2.38. The van der Waals surface area contributed by atoms with Crippen LogP contribution in [0.5, 0.6) is 0 Å². The summed E-state index contributed by atoms with van der Waals surface area (Å²) in [6.07, 6.45) is 9.31. The molecule has 0 saturated carbocycles. The van der Waals surface area contributed by atoms with E-state index < -0.39 is 8.32 Å². The Balaban J connectivity index is 2.65. The molecule has 0 fully saturated rings. The van der Waals surface area contributed by atoms with E-state index in [0.29, 0.717) is 12.8 Å². The van der Waals surface area contributed by atoms with E-state index in [1.807, 2.05) is 13.0 Å². The van der Waals surface area contributed by atoms with Crippen molar-refractivity contribution in [1.82, 2.24) is 0 Å². The lowest BCUT2D eigenvalue weighted by atomic mass is 10.0. The molecule has 1 aliphatic rings. The van der Waals surface area contributed by atoms with Crippen molar-refractivity contribution < 1.29 is 18.8 Å². The summed E-state index contributed by atoms with van der Waals surface area (Å²) in [4.78, 5) is 22.3.